The quantitative estimate of drug-likeness (QED) is 0.834. The Labute approximate surface area is 127 Å². The maximum Gasteiger partial charge on any atom is 0.272 e. The summed E-state index contributed by atoms with van der Waals surface area (Å²) in [5.41, 5.74) is 0.409. The van der Waals surface area contributed by atoms with Crippen molar-refractivity contribution in [1.82, 2.24) is 9.88 Å². The zero-order chi connectivity index (χ0) is 15.5. The lowest BCUT2D eigenvalue weighted by atomic mass is 10.1. The van der Waals surface area contributed by atoms with E-state index in [1.807, 2.05) is 4.90 Å². The number of aromatic nitrogens is 1. The van der Waals surface area contributed by atoms with Gasteiger partial charge in [-0.25, -0.2) is 13.8 Å². The summed E-state index contributed by atoms with van der Waals surface area (Å²) in [6.45, 7) is 0.910. The molecule has 1 aliphatic heterocycles. The third-order valence-electron chi connectivity index (χ3n) is 3.93. The Morgan fingerprint density at radius 2 is 2.32 bits per heavy atom. The highest BCUT2D eigenvalue weighted by Gasteiger charge is 2.39. The van der Waals surface area contributed by atoms with Gasteiger partial charge in [0.2, 0.25) is 5.88 Å². The lowest BCUT2D eigenvalue weighted by Crippen LogP contribution is -2.49. The molecule has 5 nitrogen and oxygen atoms in total. The molecule has 0 aromatic carbocycles. The number of amides is 1. The number of carbonyl (C=O) groups excluding carboxylic acids is 1. The monoisotopic (exact) mass is 312 g/mol. The predicted octanol–water partition coefficient (Wildman–Crippen LogP) is 1.98. The molecule has 0 bridgehead atoms. The summed E-state index contributed by atoms with van der Waals surface area (Å²) < 4.78 is 34.7. The summed E-state index contributed by atoms with van der Waals surface area (Å²) in [5, 5.41) is 0. The fourth-order valence-electron chi connectivity index (χ4n) is 2.68. The van der Waals surface area contributed by atoms with Crippen LogP contribution in [0, 0.1) is 5.92 Å². The van der Waals surface area contributed by atoms with Gasteiger partial charge in [0.15, 0.2) is 6.61 Å². The van der Waals surface area contributed by atoms with Crippen LogP contribution in [0.15, 0.2) is 18.3 Å². The van der Waals surface area contributed by atoms with E-state index in [9.17, 15) is 13.6 Å². The summed E-state index contributed by atoms with van der Waals surface area (Å²) in [5.74, 6) is 0.438. The number of alkyl halides is 2. The van der Waals surface area contributed by atoms with Crippen LogP contribution in [-0.2, 0) is 4.74 Å². The second-order valence-corrected chi connectivity index (χ2v) is 5.56. The van der Waals surface area contributed by atoms with Gasteiger partial charge < -0.3 is 14.4 Å². The molecule has 1 unspecified atom stereocenters. The largest absolute Gasteiger partial charge is 0.472 e. The first-order valence-electron chi connectivity index (χ1n) is 7.41. The van der Waals surface area contributed by atoms with Crippen molar-refractivity contribution in [3.63, 3.8) is 0 Å². The first-order valence-corrected chi connectivity index (χ1v) is 7.41. The highest BCUT2D eigenvalue weighted by Crippen LogP contribution is 2.37. The van der Waals surface area contributed by atoms with E-state index in [0.717, 1.165) is 12.8 Å². The van der Waals surface area contributed by atoms with Crippen molar-refractivity contribution in [2.45, 2.75) is 25.3 Å². The smallest absolute Gasteiger partial charge is 0.272 e. The van der Waals surface area contributed by atoms with E-state index in [-0.39, 0.29) is 17.8 Å². The molecule has 0 radical (unpaired) electrons. The van der Waals surface area contributed by atoms with Gasteiger partial charge in [-0.2, -0.15) is 0 Å². The standard InChI is InChI=1S/C15H18F2N2O3/c16-13(17)9-22-14-7-11(3-4-18-14)15(20)19-5-6-21-8-12(19)10-1-2-10/h3-4,7,10,12-13H,1-2,5-6,8-9H2. The molecule has 1 aromatic rings. The van der Waals surface area contributed by atoms with E-state index >= 15 is 0 Å². The fraction of sp³-hybridized carbons (Fsp3) is 0.600. The van der Waals surface area contributed by atoms with Crippen LogP contribution in [0.5, 0.6) is 5.88 Å². The molecule has 1 aliphatic carbocycles. The average Bonchev–Trinajstić information content (AvgIpc) is 3.37. The van der Waals surface area contributed by atoms with Crippen LogP contribution in [-0.4, -0.2) is 54.6 Å². The molecule has 1 atom stereocenters. The van der Waals surface area contributed by atoms with E-state index < -0.39 is 13.0 Å². The number of morpholine rings is 1. The molecule has 0 N–H and O–H groups in total. The van der Waals surface area contributed by atoms with E-state index in [0.29, 0.717) is 31.2 Å². The lowest BCUT2D eigenvalue weighted by Gasteiger charge is -2.36. The molecule has 3 rings (SSSR count). The molecular weight excluding hydrogens is 294 g/mol. The van der Waals surface area contributed by atoms with Gasteiger partial charge in [0.05, 0.1) is 19.3 Å². The van der Waals surface area contributed by atoms with Crippen LogP contribution >= 0.6 is 0 Å². The van der Waals surface area contributed by atoms with Crippen molar-refractivity contribution >= 4 is 5.91 Å². The van der Waals surface area contributed by atoms with Crippen LogP contribution in [0.3, 0.4) is 0 Å². The summed E-state index contributed by atoms with van der Waals surface area (Å²) in [6.07, 6.45) is 1.08. The summed E-state index contributed by atoms with van der Waals surface area (Å²) in [4.78, 5) is 18.4. The van der Waals surface area contributed by atoms with Crippen LogP contribution in [0.2, 0.25) is 0 Å². The second-order valence-electron chi connectivity index (χ2n) is 5.56. The van der Waals surface area contributed by atoms with Gasteiger partial charge in [0, 0.05) is 24.4 Å². The first-order chi connectivity index (χ1) is 10.6. The molecule has 1 amide bonds. The van der Waals surface area contributed by atoms with Gasteiger partial charge in [-0.15, -0.1) is 0 Å². The molecule has 1 aromatic heterocycles. The Morgan fingerprint density at radius 3 is 3.05 bits per heavy atom. The molecule has 2 heterocycles. The lowest BCUT2D eigenvalue weighted by molar-refractivity contribution is -0.00837. The van der Waals surface area contributed by atoms with Crippen molar-refractivity contribution in [2.75, 3.05) is 26.4 Å². The highest BCUT2D eigenvalue weighted by atomic mass is 19.3. The number of halogens is 2. The summed E-state index contributed by atoms with van der Waals surface area (Å²) >= 11 is 0. The topological polar surface area (TPSA) is 51.7 Å². The maximum absolute atomic E-state index is 12.7. The molecule has 2 fully saturated rings. The van der Waals surface area contributed by atoms with Crippen LogP contribution in [0.25, 0.3) is 0 Å². The van der Waals surface area contributed by atoms with E-state index in [1.165, 1.54) is 12.3 Å². The Hall–Kier alpha value is -1.76. The average molecular weight is 312 g/mol. The minimum atomic E-state index is -2.57. The van der Waals surface area contributed by atoms with E-state index in [4.69, 9.17) is 9.47 Å². The predicted molar refractivity (Wildman–Crippen MR) is 74.1 cm³/mol. The number of pyridine rings is 1. The summed E-state index contributed by atoms with van der Waals surface area (Å²) in [7, 11) is 0. The van der Waals surface area contributed by atoms with Crippen molar-refractivity contribution < 1.29 is 23.0 Å². The van der Waals surface area contributed by atoms with Gasteiger partial charge in [0.25, 0.3) is 12.3 Å². The fourth-order valence-corrected chi connectivity index (χ4v) is 2.68. The van der Waals surface area contributed by atoms with Gasteiger partial charge in [0.1, 0.15) is 0 Å². The van der Waals surface area contributed by atoms with Crippen molar-refractivity contribution in [2.24, 2.45) is 5.92 Å². The van der Waals surface area contributed by atoms with Crippen molar-refractivity contribution in [1.29, 1.82) is 0 Å². The Kier molecular flexibility index (Phi) is 4.52. The van der Waals surface area contributed by atoms with Gasteiger partial charge >= 0.3 is 0 Å². The zero-order valence-corrected chi connectivity index (χ0v) is 12.1. The molecular formula is C15H18F2N2O3. The van der Waals surface area contributed by atoms with Crippen LogP contribution < -0.4 is 4.74 Å². The number of ether oxygens (including phenoxy) is 2. The Bertz CT molecular complexity index is 537. The molecule has 7 heteroatoms. The molecule has 1 saturated carbocycles. The minimum absolute atomic E-state index is 0.0439. The van der Waals surface area contributed by atoms with Crippen LogP contribution in [0.1, 0.15) is 23.2 Å². The minimum Gasteiger partial charge on any atom is -0.472 e. The van der Waals surface area contributed by atoms with Crippen LogP contribution in [0.4, 0.5) is 8.78 Å². The van der Waals surface area contributed by atoms with Crippen molar-refractivity contribution in [3.8, 4) is 5.88 Å². The third kappa shape index (κ3) is 3.52. The number of hydrogen-bond donors (Lipinski definition) is 0. The van der Waals surface area contributed by atoms with Gasteiger partial charge in [-0.1, -0.05) is 0 Å². The highest BCUT2D eigenvalue weighted by molar-refractivity contribution is 5.94. The Balaban J connectivity index is 1.71. The normalized spacial score (nSPS) is 22.0. The molecule has 120 valence electrons. The maximum atomic E-state index is 12.7. The zero-order valence-electron chi connectivity index (χ0n) is 12.1. The van der Waals surface area contributed by atoms with E-state index in [2.05, 4.69) is 4.98 Å². The van der Waals surface area contributed by atoms with E-state index in [1.54, 1.807) is 6.07 Å². The second kappa shape index (κ2) is 6.56. The molecule has 22 heavy (non-hydrogen) atoms. The van der Waals surface area contributed by atoms with Gasteiger partial charge in [-0.05, 0) is 24.8 Å². The summed E-state index contributed by atoms with van der Waals surface area (Å²) in [6, 6.07) is 3.11. The number of carbonyl (C=O) groups is 1. The SMILES string of the molecule is O=C(c1ccnc(OCC(F)F)c1)N1CCOCC1C1CC1. The third-order valence-corrected chi connectivity index (χ3v) is 3.93. The Morgan fingerprint density at radius 1 is 1.50 bits per heavy atom. The number of nitrogens with zero attached hydrogens (tertiary/aromatic N) is 2. The number of rotatable bonds is 5. The molecule has 0 spiro atoms. The van der Waals surface area contributed by atoms with Gasteiger partial charge in [-0.3, -0.25) is 4.79 Å². The first kappa shape index (κ1) is 15.1. The molecule has 1 saturated heterocycles. The van der Waals surface area contributed by atoms with Crippen molar-refractivity contribution in [3.05, 3.63) is 23.9 Å². The molecule has 2 aliphatic rings. The number of hydrogen-bond acceptors (Lipinski definition) is 4.